The number of amides is 2. The second-order valence-electron chi connectivity index (χ2n) is 13.7. The van der Waals surface area contributed by atoms with Crippen LogP contribution in [0.2, 0.25) is 0 Å². The molecule has 1 aromatic rings. The van der Waals surface area contributed by atoms with Gasteiger partial charge in [0.05, 0.1) is 24.3 Å². The third-order valence-corrected chi connectivity index (χ3v) is 9.78. The number of rotatable bonds is 15. The zero-order valence-electron chi connectivity index (χ0n) is 26.8. The number of ether oxygens (including phenoxy) is 1. The van der Waals surface area contributed by atoms with Crippen LogP contribution in [0.1, 0.15) is 79.6 Å². The van der Waals surface area contributed by atoms with E-state index >= 15 is 0 Å². The minimum Gasteiger partial charge on any atom is -0.494 e. The molecular formula is C32H52BN5O5. The van der Waals surface area contributed by atoms with E-state index < -0.39 is 13.2 Å². The van der Waals surface area contributed by atoms with Gasteiger partial charge >= 0.3 is 7.12 Å². The number of para-hydroxylation sites is 1. The number of nitrogens with one attached hydrogen (secondary N) is 5. The van der Waals surface area contributed by atoms with Gasteiger partial charge in [0.15, 0.2) is 5.96 Å². The van der Waals surface area contributed by atoms with E-state index in [9.17, 15) is 9.59 Å². The highest BCUT2D eigenvalue weighted by Crippen LogP contribution is 2.65. The molecule has 43 heavy (non-hydrogen) atoms. The normalized spacial score (nSPS) is 26.5. The van der Waals surface area contributed by atoms with Crippen LogP contribution in [-0.4, -0.2) is 68.8 Å². The van der Waals surface area contributed by atoms with E-state index in [2.05, 4.69) is 55.9 Å². The summed E-state index contributed by atoms with van der Waals surface area (Å²) in [4.78, 5) is 26.7. The third-order valence-electron chi connectivity index (χ3n) is 9.78. The number of hydrogen-bond acceptors (Lipinski definition) is 6. The maximum absolute atomic E-state index is 13.8. The Hall–Kier alpha value is -2.79. The van der Waals surface area contributed by atoms with Crippen LogP contribution >= 0.6 is 0 Å². The van der Waals surface area contributed by atoms with Crippen molar-refractivity contribution in [2.75, 3.05) is 20.2 Å². The Bertz CT molecular complexity index is 1100. The fourth-order valence-corrected chi connectivity index (χ4v) is 7.18. The molecule has 2 amide bonds. The second kappa shape index (κ2) is 14.3. The first kappa shape index (κ1) is 33.1. The smallest absolute Gasteiger partial charge is 0.481 e. The molecule has 0 aromatic heterocycles. The monoisotopic (exact) mass is 597 g/mol. The number of guanidine groups is 1. The largest absolute Gasteiger partial charge is 0.494 e. The van der Waals surface area contributed by atoms with Crippen molar-refractivity contribution < 1.29 is 23.6 Å². The third kappa shape index (κ3) is 8.03. The number of hydrogen-bond donors (Lipinski definition) is 5. The molecule has 1 aliphatic heterocycles. The average molecular weight is 598 g/mol. The van der Waals surface area contributed by atoms with E-state index in [-0.39, 0.29) is 47.3 Å². The summed E-state index contributed by atoms with van der Waals surface area (Å²) in [7, 11) is 1.15. The van der Waals surface area contributed by atoms with Crippen LogP contribution < -0.4 is 26.0 Å². The van der Waals surface area contributed by atoms with Gasteiger partial charge in [0, 0.05) is 20.0 Å². The summed E-state index contributed by atoms with van der Waals surface area (Å²) < 4.78 is 19.0. The van der Waals surface area contributed by atoms with Gasteiger partial charge in [-0.2, -0.15) is 0 Å². The van der Waals surface area contributed by atoms with Gasteiger partial charge in [-0.05, 0) is 80.8 Å². The predicted molar refractivity (Wildman–Crippen MR) is 169 cm³/mol. The summed E-state index contributed by atoms with van der Waals surface area (Å²) in [5.74, 6) is 1.62. The van der Waals surface area contributed by atoms with Crippen LogP contribution in [0.15, 0.2) is 30.3 Å². The zero-order chi connectivity index (χ0) is 31.2. The van der Waals surface area contributed by atoms with Crippen molar-refractivity contribution in [3.05, 3.63) is 30.3 Å². The Morgan fingerprint density at radius 3 is 2.53 bits per heavy atom. The molecule has 2 bridgehead atoms. The van der Waals surface area contributed by atoms with Gasteiger partial charge in [-0.3, -0.25) is 15.0 Å². The maximum atomic E-state index is 13.8. The van der Waals surface area contributed by atoms with Gasteiger partial charge in [-0.15, -0.1) is 0 Å². The van der Waals surface area contributed by atoms with Gasteiger partial charge in [0.1, 0.15) is 11.8 Å². The molecule has 238 valence electrons. The van der Waals surface area contributed by atoms with Crippen molar-refractivity contribution in [3.8, 4) is 5.75 Å². The maximum Gasteiger partial charge on any atom is 0.481 e. The van der Waals surface area contributed by atoms with Crippen LogP contribution in [-0.2, 0) is 18.9 Å². The van der Waals surface area contributed by atoms with E-state index in [1.807, 2.05) is 30.3 Å². The first-order valence-electron chi connectivity index (χ1n) is 16.0. The molecule has 5 N–H and O–H groups in total. The summed E-state index contributed by atoms with van der Waals surface area (Å²) in [6.45, 7) is 12.0. The second-order valence-corrected chi connectivity index (χ2v) is 13.7. The summed E-state index contributed by atoms with van der Waals surface area (Å²) >= 11 is 0. The van der Waals surface area contributed by atoms with E-state index in [4.69, 9.17) is 19.5 Å². The molecule has 1 saturated heterocycles. The molecule has 1 heterocycles. The van der Waals surface area contributed by atoms with E-state index in [1.165, 1.54) is 6.42 Å². The highest BCUT2D eigenvalue weighted by molar-refractivity contribution is 6.48. The number of carbonyl (C=O) groups excluding carboxylic acids is 2. The van der Waals surface area contributed by atoms with E-state index in [1.54, 1.807) is 7.05 Å². The van der Waals surface area contributed by atoms with Gasteiger partial charge in [-0.25, -0.2) is 0 Å². The van der Waals surface area contributed by atoms with Crippen LogP contribution in [0.4, 0.5) is 0 Å². The van der Waals surface area contributed by atoms with Crippen molar-refractivity contribution in [2.24, 2.45) is 23.2 Å². The molecule has 3 aliphatic carbocycles. The first-order chi connectivity index (χ1) is 20.4. The fourth-order valence-electron chi connectivity index (χ4n) is 7.18. The lowest BCUT2D eigenvalue weighted by molar-refractivity contribution is -0.199. The van der Waals surface area contributed by atoms with Crippen molar-refractivity contribution in [3.63, 3.8) is 0 Å². The molecule has 0 spiro atoms. The fraction of sp³-hybridized carbons (Fsp3) is 0.719. The number of benzene rings is 1. The first-order valence-corrected chi connectivity index (χ1v) is 16.0. The molecule has 3 saturated carbocycles. The topological polar surface area (TPSA) is 134 Å². The summed E-state index contributed by atoms with van der Waals surface area (Å²) in [5, 5.41) is 19.6. The lowest BCUT2D eigenvalue weighted by Crippen LogP contribution is -2.65. The molecular weight excluding hydrogens is 545 g/mol. The van der Waals surface area contributed by atoms with Crippen molar-refractivity contribution in [2.45, 2.75) is 103 Å². The summed E-state index contributed by atoms with van der Waals surface area (Å²) in [6.07, 6.45) is 4.71. The van der Waals surface area contributed by atoms with E-state index in [0.29, 0.717) is 56.6 Å². The van der Waals surface area contributed by atoms with Crippen LogP contribution in [0, 0.1) is 28.6 Å². The van der Waals surface area contributed by atoms with Crippen molar-refractivity contribution in [1.82, 2.24) is 21.3 Å². The predicted octanol–water partition coefficient (Wildman–Crippen LogP) is 3.65. The zero-order valence-corrected chi connectivity index (χ0v) is 26.8. The lowest BCUT2D eigenvalue weighted by atomic mass is 9.43. The highest BCUT2D eigenvalue weighted by Gasteiger charge is 2.68. The molecule has 0 radical (unpaired) electrons. The van der Waals surface area contributed by atoms with Crippen LogP contribution in [0.3, 0.4) is 0 Å². The molecule has 4 fully saturated rings. The Balaban J connectivity index is 1.36. The standard InChI is InChI=1S/C32H52BN5O5/c1-21(2)18-27(33-42-26-20-22-19-25(31(22,3)4)32(26,5)43-33)38-29(40)24(14-10-16-36-30(34)35-6)37-28(39)15-11-17-41-23-12-8-7-9-13-23/h7-9,12-13,21-22,24-27H,10-11,14-20H2,1-6H3,(H,37,39)(H,38,40)(H3,34,35,36)/t22-,24-,25-,26+,27-,32-/m0/s1. The van der Waals surface area contributed by atoms with Gasteiger partial charge in [0.2, 0.25) is 11.8 Å². The summed E-state index contributed by atoms with van der Waals surface area (Å²) in [6, 6.07) is 8.79. The Morgan fingerprint density at radius 2 is 1.86 bits per heavy atom. The quantitative estimate of drug-likeness (QED) is 0.0902. The summed E-state index contributed by atoms with van der Waals surface area (Å²) in [5.41, 5.74) is -0.124. The molecule has 6 atom stereocenters. The van der Waals surface area contributed by atoms with Gasteiger partial charge in [-0.1, -0.05) is 45.9 Å². The molecule has 5 rings (SSSR count). The van der Waals surface area contributed by atoms with Crippen molar-refractivity contribution >= 4 is 24.9 Å². The van der Waals surface area contributed by atoms with Crippen LogP contribution in [0.5, 0.6) is 5.75 Å². The minimum atomic E-state index is -0.714. The number of carbonyl (C=O) groups is 2. The van der Waals surface area contributed by atoms with Crippen molar-refractivity contribution in [1.29, 1.82) is 5.41 Å². The Morgan fingerprint density at radius 1 is 1.12 bits per heavy atom. The van der Waals surface area contributed by atoms with Crippen LogP contribution in [0.25, 0.3) is 0 Å². The Kier molecular flexibility index (Phi) is 11.0. The van der Waals surface area contributed by atoms with Gasteiger partial charge < -0.3 is 35.3 Å². The Labute approximate surface area is 257 Å². The minimum absolute atomic E-state index is 0.0306. The molecule has 0 unspecified atom stereocenters. The average Bonchev–Trinajstić information content (AvgIpc) is 3.33. The molecule has 10 nitrogen and oxygen atoms in total. The lowest BCUT2D eigenvalue weighted by Gasteiger charge is -2.64. The molecule has 1 aromatic carbocycles. The molecule has 11 heteroatoms. The van der Waals surface area contributed by atoms with E-state index in [0.717, 1.165) is 12.2 Å². The van der Waals surface area contributed by atoms with Gasteiger partial charge in [0.25, 0.3) is 0 Å². The highest BCUT2D eigenvalue weighted by atomic mass is 16.7. The molecule has 4 aliphatic rings. The SMILES string of the molecule is CNC(=N)NCCC[C@H](NC(=O)CCCOc1ccccc1)C(=O)N[C@@H](CC(C)C)B1O[C@@H]2C[C@@H]3C[C@@H](C3(C)C)[C@]2(C)O1.